The molecule has 0 saturated heterocycles. The number of carbonyl (C=O) groups is 1. The van der Waals surface area contributed by atoms with Crippen molar-refractivity contribution >= 4 is 23.4 Å². The van der Waals surface area contributed by atoms with Crippen LogP contribution in [0.2, 0.25) is 0 Å². The molecular weight excluding hydrogens is 398 g/mol. The topological polar surface area (TPSA) is 73.2 Å². The van der Waals surface area contributed by atoms with Crippen molar-refractivity contribution in [2.24, 2.45) is 0 Å². The van der Waals surface area contributed by atoms with Gasteiger partial charge in [-0.25, -0.2) is 4.98 Å². The van der Waals surface area contributed by atoms with Crippen LogP contribution in [0, 0.1) is 0 Å². The van der Waals surface area contributed by atoms with Crippen molar-refractivity contribution in [1.82, 2.24) is 9.55 Å². The van der Waals surface area contributed by atoms with E-state index in [9.17, 15) is 9.59 Å². The molecule has 1 N–H and O–H groups in total. The Bertz CT molecular complexity index is 1090. The van der Waals surface area contributed by atoms with Gasteiger partial charge in [0, 0.05) is 23.9 Å². The number of rotatable bonds is 6. The lowest BCUT2D eigenvalue weighted by Crippen LogP contribution is -2.28. The van der Waals surface area contributed by atoms with Crippen molar-refractivity contribution in [3.8, 4) is 11.5 Å². The number of hydrogen-bond donors (Lipinski definition) is 1. The zero-order chi connectivity index (χ0) is 21.1. The van der Waals surface area contributed by atoms with Gasteiger partial charge in [0.2, 0.25) is 5.91 Å². The van der Waals surface area contributed by atoms with E-state index in [1.165, 1.54) is 11.8 Å². The highest BCUT2D eigenvalue weighted by Gasteiger charge is 2.28. The Balaban J connectivity index is 1.39. The number of aromatic nitrogens is 2. The minimum absolute atomic E-state index is 0.0890. The van der Waals surface area contributed by atoms with Crippen molar-refractivity contribution in [1.29, 1.82) is 0 Å². The molecule has 154 valence electrons. The van der Waals surface area contributed by atoms with Gasteiger partial charge in [0.1, 0.15) is 11.5 Å². The van der Waals surface area contributed by atoms with Crippen LogP contribution in [0.15, 0.2) is 70.6 Å². The molecule has 1 aliphatic heterocycles. The summed E-state index contributed by atoms with van der Waals surface area (Å²) < 4.78 is 7.41. The molecular formula is C23H23N3O3S. The van der Waals surface area contributed by atoms with E-state index in [4.69, 9.17) is 4.74 Å². The molecule has 2 aromatic carbocycles. The Labute approximate surface area is 179 Å². The first-order chi connectivity index (χ1) is 14.5. The number of thioether (sulfide) groups is 1. The summed E-state index contributed by atoms with van der Waals surface area (Å²) in [6, 6.07) is 18.1. The van der Waals surface area contributed by atoms with Gasteiger partial charge in [-0.15, -0.1) is 0 Å². The molecule has 6 nitrogen and oxygen atoms in total. The van der Waals surface area contributed by atoms with Crippen LogP contribution in [0.1, 0.15) is 37.9 Å². The van der Waals surface area contributed by atoms with Gasteiger partial charge in [-0.05, 0) is 42.3 Å². The molecule has 0 bridgehead atoms. The lowest BCUT2D eigenvalue weighted by Gasteiger charge is -2.14. The fourth-order valence-corrected chi connectivity index (χ4v) is 4.43. The van der Waals surface area contributed by atoms with Crippen LogP contribution < -0.4 is 15.6 Å². The van der Waals surface area contributed by atoms with Gasteiger partial charge < -0.3 is 10.1 Å². The number of nitrogens with zero attached hydrogens (tertiary/aromatic N) is 2. The number of hydrogen-bond acceptors (Lipinski definition) is 5. The van der Waals surface area contributed by atoms with Crippen LogP contribution in [0.4, 0.5) is 5.69 Å². The second-order valence-electron chi connectivity index (χ2n) is 7.48. The quantitative estimate of drug-likeness (QED) is 0.577. The van der Waals surface area contributed by atoms with Crippen molar-refractivity contribution in [2.75, 3.05) is 11.1 Å². The standard InChI is InChI=1S/C23H23N3O3S/c1-15(2)20-13-22(28)26-17(14-30-23(26)25-20)12-21(27)24-16-8-10-19(11-9-16)29-18-6-4-3-5-7-18/h3-11,13,15,17H,12,14H2,1-2H3,(H,24,27). The van der Waals surface area contributed by atoms with E-state index in [0.717, 1.165) is 11.4 Å². The van der Waals surface area contributed by atoms with E-state index < -0.39 is 0 Å². The van der Waals surface area contributed by atoms with Crippen molar-refractivity contribution < 1.29 is 9.53 Å². The number of ether oxygens (including phenoxy) is 1. The Morgan fingerprint density at radius 2 is 1.87 bits per heavy atom. The zero-order valence-electron chi connectivity index (χ0n) is 16.9. The Morgan fingerprint density at radius 1 is 1.17 bits per heavy atom. The number of carbonyl (C=O) groups excluding carboxylic acids is 1. The third-order valence-electron chi connectivity index (χ3n) is 4.84. The maximum absolute atomic E-state index is 12.6. The molecule has 1 atom stereocenters. The second kappa shape index (κ2) is 8.75. The summed E-state index contributed by atoms with van der Waals surface area (Å²) >= 11 is 1.53. The fourth-order valence-electron chi connectivity index (χ4n) is 3.27. The molecule has 7 heteroatoms. The van der Waals surface area contributed by atoms with E-state index in [2.05, 4.69) is 10.3 Å². The zero-order valence-corrected chi connectivity index (χ0v) is 17.7. The van der Waals surface area contributed by atoms with Gasteiger partial charge in [0.25, 0.3) is 5.56 Å². The summed E-state index contributed by atoms with van der Waals surface area (Å²) in [7, 11) is 0. The second-order valence-corrected chi connectivity index (χ2v) is 8.47. The van der Waals surface area contributed by atoms with Crippen LogP contribution in [0.3, 0.4) is 0 Å². The lowest BCUT2D eigenvalue weighted by atomic mass is 10.1. The van der Waals surface area contributed by atoms with Gasteiger partial charge in [-0.1, -0.05) is 43.8 Å². The van der Waals surface area contributed by atoms with E-state index in [-0.39, 0.29) is 29.8 Å². The number of benzene rings is 2. The molecule has 1 amide bonds. The summed E-state index contributed by atoms with van der Waals surface area (Å²) in [5, 5.41) is 3.60. The van der Waals surface area contributed by atoms with E-state index >= 15 is 0 Å². The van der Waals surface area contributed by atoms with Crippen molar-refractivity contribution in [3.05, 3.63) is 76.7 Å². The molecule has 3 aromatic rings. The first kappa shape index (κ1) is 20.2. The maximum Gasteiger partial charge on any atom is 0.254 e. The highest BCUT2D eigenvalue weighted by Crippen LogP contribution is 2.33. The fraction of sp³-hybridized carbons (Fsp3) is 0.261. The molecule has 0 spiro atoms. The Hall–Kier alpha value is -3.06. The first-order valence-electron chi connectivity index (χ1n) is 9.88. The minimum Gasteiger partial charge on any atom is -0.457 e. The van der Waals surface area contributed by atoms with Crippen molar-refractivity contribution in [3.63, 3.8) is 0 Å². The van der Waals surface area contributed by atoms with Crippen LogP contribution in [0.5, 0.6) is 11.5 Å². The van der Waals surface area contributed by atoms with Gasteiger partial charge in [0.15, 0.2) is 5.16 Å². The molecule has 0 radical (unpaired) electrons. The third-order valence-corrected chi connectivity index (χ3v) is 5.94. The van der Waals surface area contributed by atoms with Gasteiger partial charge in [-0.3, -0.25) is 14.2 Å². The van der Waals surface area contributed by atoms with E-state index in [1.54, 1.807) is 22.8 Å². The SMILES string of the molecule is CC(C)c1cc(=O)n2c(n1)SCC2CC(=O)Nc1ccc(Oc2ccccc2)cc1. The number of anilines is 1. The summed E-state index contributed by atoms with van der Waals surface area (Å²) in [5.41, 5.74) is 1.39. The van der Waals surface area contributed by atoms with Crippen LogP contribution in [-0.2, 0) is 4.79 Å². The number of para-hydroxylation sites is 1. The van der Waals surface area contributed by atoms with Crippen LogP contribution in [-0.4, -0.2) is 21.2 Å². The minimum atomic E-state index is -0.188. The number of fused-ring (bicyclic) bond motifs is 1. The summed E-state index contributed by atoms with van der Waals surface area (Å²) in [6.07, 6.45) is 0.227. The average Bonchev–Trinajstić information content (AvgIpc) is 3.13. The summed E-state index contributed by atoms with van der Waals surface area (Å²) in [6.45, 7) is 4.03. The first-order valence-corrected chi connectivity index (χ1v) is 10.9. The van der Waals surface area contributed by atoms with Crippen LogP contribution >= 0.6 is 11.8 Å². The Morgan fingerprint density at radius 3 is 2.57 bits per heavy atom. The van der Waals surface area contributed by atoms with E-state index in [1.807, 2.05) is 56.3 Å². The lowest BCUT2D eigenvalue weighted by molar-refractivity contribution is -0.116. The highest BCUT2D eigenvalue weighted by atomic mass is 32.2. The molecule has 0 aliphatic carbocycles. The largest absolute Gasteiger partial charge is 0.457 e. The van der Waals surface area contributed by atoms with Gasteiger partial charge >= 0.3 is 0 Å². The molecule has 1 unspecified atom stereocenters. The summed E-state index contributed by atoms with van der Waals surface area (Å²) in [4.78, 5) is 29.7. The molecule has 1 aliphatic rings. The molecule has 30 heavy (non-hydrogen) atoms. The normalized spacial score (nSPS) is 15.1. The monoisotopic (exact) mass is 421 g/mol. The average molecular weight is 422 g/mol. The smallest absolute Gasteiger partial charge is 0.254 e. The predicted molar refractivity (Wildman–Crippen MR) is 119 cm³/mol. The molecule has 2 heterocycles. The van der Waals surface area contributed by atoms with Crippen molar-refractivity contribution in [2.45, 2.75) is 37.4 Å². The molecule has 0 fully saturated rings. The highest BCUT2D eigenvalue weighted by molar-refractivity contribution is 7.99. The Kier molecular flexibility index (Phi) is 5.90. The number of nitrogens with one attached hydrogen (secondary N) is 1. The van der Waals surface area contributed by atoms with Gasteiger partial charge in [0.05, 0.1) is 11.7 Å². The molecule has 0 saturated carbocycles. The molecule has 4 rings (SSSR count). The summed E-state index contributed by atoms with van der Waals surface area (Å²) in [5.74, 6) is 2.18. The number of amides is 1. The van der Waals surface area contributed by atoms with Gasteiger partial charge in [-0.2, -0.15) is 0 Å². The third kappa shape index (κ3) is 4.57. The predicted octanol–water partition coefficient (Wildman–Crippen LogP) is 4.83. The van der Waals surface area contributed by atoms with E-state index in [0.29, 0.717) is 22.3 Å². The van der Waals surface area contributed by atoms with Crippen LogP contribution in [0.25, 0.3) is 0 Å². The maximum atomic E-state index is 12.6. The molecule has 1 aromatic heterocycles.